The van der Waals surface area contributed by atoms with Crippen molar-refractivity contribution in [2.24, 2.45) is 0 Å². The molecule has 15 heavy (non-hydrogen) atoms. The number of rotatable bonds is 2. The fourth-order valence-electron chi connectivity index (χ4n) is 1.29. The van der Waals surface area contributed by atoms with E-state index in [0.29, 0.717) is 10.6 Å². The van der Waals surface area contributed by atoms with Crippen LogP contribution in [0.2, 0.25) is 5.02 Å². The minimum atomic E-state index is 0.592. The zero-order chi connectivity index (χ0) is 10.8. The molecule has 0 saturated heterocycles. The normalized spacial score (nSPS) is 10.3. The first-order chi connectivity index (χ1) is 7.20. The minimum Gasteiger partial charge on any atom is -0.298 e. The molecule has 2 rings (SSSR count). The second-order valence-electron chi connectivity index (χ2n) is 2.95. The van der Waals surface area contributed by atoms with Gasteiger partial charge in [0.25, 0.3) is 0 Å². The Balaban J connectivity index is 2.59. The van der Waals surface area contributed by atoms with Crippen LogP contribution in [-0.4, -0.2) is 14.1 Å². The average Bonchev–Trinajstić information content (AvgIpc) is 2.65. The van der Waals surface area contributed by atoms with Gasteiger partial charge in [0, 0.05) is 22.3 Å². The molecule has 1 aromatic heterocycles. The molecule has 0 saturated carbocycles. The molecule has 1 heterocycles. The van der Waals surface area contributed by atoms with Crippen molar-refractivity contribution in [1.82, 2.24) is 7.76 Å². The maximum Gasteiger partial charge on any atom is 0.150 e. The minimum absolute atomic E-state index is 0.592. The molecule has 5 heteroatoms. The van der Waals surface area contributed by atoms with E-state index in [2.05, 4.69) is 27.8 Å². The molecule has 0 aliphatic carbocycles. The summed E-state index contributed by atoms with van der Waals surface area (Å²) < 4.78 is 1.79. The van der Waals surface area contributed by atoms with E-state index in [0.717, 1.165) is 17.5 Å². The van der Waals surface area contributed by atoms with E-state index in [4.69, 9.17) is 11.6 Å². The highest BCUT2D eigenvalue weighted by Gasteiger charge is 2.07. The first kappa shape index (κ1) is 10.6. The average molecular weight is 333 g/mol. The SMILES string of the molecule is O=Cc1ccc(Cl)cc1-c1cn(I)cn1. The van der Waals surface area contributed by atoms with Crippen molar-refractivity contribution in [3.05, 3.63) is 41.3 Å². The third-order valence-electron chi connectivity index (χ3n) is 1.97. The Kier molecular flexibility index (Phi) is 3.06. The smallest absolute Gasteiger partial charge is 0.150 e. The lowest BCUT2D eigenvalue weighted by Gasteiger charge is -2.01. The topological polar surface area (TPSA) is 34.9 Å². The second-order valence-corrected chi connectivity index (χ2v) is 4.50. The summed E-state index contributed by atoms with van der Waals surface area (Å²) in [6.45, 7) is 0. The van der Waals surface area contributed by atoms with E-state index in [-0.39, 0.29) is 0 Å². The van der Waals surface area contributed by atoms with Gasteiger partial charge in [0.15, 0.2) is 6.29 Å². The molecule has 2 aromatic rings. The third-order valence-corrected chi connectivity index (χ3v) is 2.73. The standard InChI is InChI=1S/C10H6ClIN2O/c11-8-2-1-7(5-15)9(3-8)10-4-14(12)6-13-10/h1-6H. The Morgan fingerprint density at radius 2 is 2.27 bits per heavy atom. The van der Waals surface area contributed by atoms with Crippen LogP contribution in [0.1, 0.15) is 10.4 Å². The number of imidazole rings is 1. The molecule has 0 fully saturated rings. The lowest BCUT2D eigenvalue weighted by molar-refractivity contribution is 0.112. The van der Waals surface area contributed by atoms with E-state index in [1.807, 2.05) is 6.20 Å². The Bertz CT molecular complexity index is 510. The number of carbonyl (C=O) groups excluding carboxylic acids is 1. The molecule has 0 radical (unpaired) electrons. The molecule has 1 aromatic carbocycles. The molecule has 76 valence electrons. The molecule has 0 spiro atoms. The number of nitrogens with zero attached hydrogens (tertiary/aromatic N) is 2. The maximum atomic E-state index is 10.8. The van der Waals surface area contributed by atoms with E-state index in [1.54, 1.807) is 27.3 Å². The van der Waals surface area contributed by atoms with Gasteiger partial charge in [-0.15, -0.1) is 0 Å². The predicted octanol–water partition coefficient (Wildman–Crippen LogP) is 3.21. The van der Waals surface area contributed by atoms with Gasteiger partial charge in [-0.3, -0.25) is 7.58 Å². The molecule has 0 aliphatic rings. The van der Waals surface area contributed by atoms with Gasteiger partial charge in [-0.05, 0) is 18.2 Å². The first-order valence-electron chi connectivity index (χ1n) is 4.16. The summed E-state index contributed by atoms with van der Waals surface area (Å²) in [5.41, 5.74) is 2.09. The van der Waals surface area contributed by atoms with E-state index in [1.165, 1.54) is 0 Å². The summed E-state index contributed by atoms with van der Waals surface area (Å²) in [5.74, 6) is 0. The van der Waals surface area contributed by atoms with Crippen molar-refractivity contribution in [3.63, 3.8) is 0 Å². The largest absolute Gasteiger partial charge is 0.298 e. The van der Waals surface area contributed by atoms with Crippen LogP contribution in [0, 0.1) is 0 Å². The monoisotopic (exact) mass is 332 g/mol. The van der Waals surface area contributed by atoms with Crippen LogP contribution in [0.4, 0.5) is 0 Å². The van der Waals surface area contributed by atoms with E-state index >= 15 is 0 Å². The van der Waals surface area contributed by atoms with Gasteiger partial charge in [0.1, 0.15) is 6.33 Å². The summed E-state index contributed by atoms with van der Waals surface area (Å²) in [7, 11) is 0. The molecular weight excluding hydrogens is 326 g/mol. The fraction of sp³-hybridized carbons (Fsp3) is 0. The molecule has 0 N–H and O–H groups in total. The second kappa shape index (κ2) is 4.32. The van der Waals surface area contributed by atoms with Crippen molar-refractivity contribution in [2.75, 3.05) is 0 Å². The predicted molar refractivity (Wildman–Crippen MR) is 67.5 cm³/mol. The van der Waals surface area contributed by atoms with Gasteiger partial charge < -0.3 is 0 Å². The Morgan fingerprint density at radius 3 is 2.87 bits per heavy atom. The van der Waals surface area contributed by atoms with Crippen LogP contribution in [-0.2, 0) is 0 Å². The summed E-state index contributed by atoms with van der Waals surface area (Å²) in [6, 6.07) is 5.12. The Hall–Kier alpha value is -0.880. The zero-order valence-electron chi connectivity index (χ0n) is 7.52. The number of carbonyl (C=O) groups is 1. The van der Waals surface area contributed by atoms with Gasteiger partial charge in [-0.2, -0.15) is 0 Å². The third kappa shape index (κ3) is 2.21. The highest BCUT2D eigenvalue weighted by atomic mass is 127. The van der Waals surface area contributed by atoms with E-state index < -0.39 is 0 Å². The van der Waals surface area contributed by atoms with Gasteiger partial charge in [0.05, 0.1) is 28.6 Å². The van der Waals surface area contributed by atoms with Crippen LogP contribution < -0.4 is 0 Å². The number of hydrogen-bond donors (Lipinski definition) is 0. The van der Waals surface area contributed by atoms with Gasteiger partial charge in [-0.1, -0.05) is 11.6 Å². The fourth-order valence-corrected chi connectivity index (χ4v) is 1.85. The summed E-state index contributed by atoms with van der Waals surface area (Å²) in [6.07, 6.45) is 4.31. The molecular formula is C10H6ClIN2O. The van der Waals surface area contributed by atoms with Gasteiger partial charge in [0.2, 0.25) is 0 Å². The van der Waals surface area contributed by atoms with Crippen LogP contribution in [0.15, 0.2) is 30.7 Å². The molecule has 3 nitrogen and oxygen atoms in total. The highest BCUT2D eigenvalue weighted by molar-refractivity contribution is 14.1. The highest BCUT2D eigenvalue weighted by Crippen LogP contribution is 2.25. The lowest BCUT2D eigenvalue weighted by atomic mass is 10.1. The summed E-state index contributed by atoms with van der Waals surface area (Å²) in [5, 5.41) is 0.596. The number of aromatic nitrogens is 2. The van der Waals surface area contributed by atoms with Crippen molar-refractivity contribution in [3.8, 4) is 11.3 Å². The quantitative estimate of drug-likeness (QED) is 0.625. The molecule has 0 amide bonds. The Morgan fingerprint density at radius 1 is 1.47 bits per heavy atom. The Labute approximate surface area is 106 Å². The van der Waals surface area contributed by atoms with Crippen molar-refractivity contribution >= 4 is 40.8 Å². The summed E-state index contributed by atoms with van der Waals surface area (Å²) >= 11 is 7.97. The maximum absolute atomic E-state index is 10.8. The molecule has 0 atom stereocenters. The number of halogens is 2. The number of hydrogen-bond acceptors (Lipinski definition) is 2. The van der Waals surface area contributed by atoms with Crippen molar-refractivity contribution < 1.29 is 4.79 Å². The van der Waals surface area contributed by atoms with Crippen molar-refractivity contribution in [2.45, 2.75) is 0 Å². The molecule has 0 bridgehead atoms. The zero-order valence-corrected chi connectivity index (χ0v) is 10.4. The van der Waals surface area contributed by atoms with E-state index in [9.17, 15) is 4.79 Å². The van der Waals surface area contributed by atoms with Crippen LogP contribution in [0.25, 0.3) is 11.3 Å². The van der Waals surface area contributed by atoms with Gasteiger partial charge >= 0.3 is 0 Å². The lowest BCUT2D eigenvalue weighted by Crippen LogP contribution is -1.87. The van der Waals surface area contributed by atoms with Crippen LogP contribution in [0.3, 0.4) is 0 Å². The first-order valence-corrected chi connectivity index (χ1v) is 5.50. The van der Waals surface area contributed by atoms with Crippen LogP contribution >= 0.6 is 34.5 Å². The summed E-state index contributed by atoms with van der Waals surface area (Å²) in [4.78, 5) is 15.0. The molecule has 0 aliphatic heterocycles. The van der Waals surface area contributed by atoms with Gasteiger partial charge in [-0.25, -0.2) is 4.98 Å². The number of aldehydes is 1. The van der Waals surface area contributed by atoms with Crippen LogP contribution in [0.5, 0.6) is 0 Å². The number of benzene rings is 1. The molecule has 0 unspecified atom stereocenters. The van der Waals surface area contributed by atoms with Crippen molar-refractivity contribution in [1.29, 1.82) is 0 Å².